The molecule has 1 amide bonds. The van der Waals surface area contributed by atoms with E-state index in [2.05, 4.69) is 10.6 Å². The van der Waals surface area contributed by atoms with Gasteiger partial charge in [-0.1, -0.05) is 6.07 Å². The number of hydrogen-bond acceptors (Lipinski definition) is 3. The van der Waals surface area contributed by atoms with Crippen LogP contribution in [-0.2, 0) is 4.79 Å². The highest BCUT2D eigenvalue weighted by atomic mass is 16.3. The number of carbonyl (C=O) groups is 1. The Labute approximate surface area is 101 Å². The SMILES string of the molecule is Cc1ccc(O)c(NC(=O)C2(C)CCNC2)c1. The van der Waals surface area contributed by atoms with Crippen LogP contribution in [0.4, 0.5) is 5.69 Å². The zero-order valence-corrected chi connectivity index (χ0v) is 10.2. The maximum Gasteiger partial charge on any atom is 0.231 e. The first kappa shape index (κ1) is 11.9. The molecule has 17 heavy (non-hydrogen) atoms. The molecule has 3 N–H and O–H groups in total. The van der Waals surface area contributed by atoms with Gasteiger partial charge in [0.1, 0.15) is 5.75 Å². The summed E-state index contributed by atoms with van der Waals surface area (Å²) in [6, 6.07) is 5.18. The Balaban J connectivity index is 2.15. The smallest absolute Gasteiger partial charge is 0.231 e. The van der Waals surface area contributed by atoms with Gasteiger partial charge in [-0.15, -0.1) is 0 Å². The Morgan fingerprint density at radius 3 is 2.94 bits per heavy atom. The van der Waals surface area contributed by atoms with Crippen LogP contribution in [0, 0.1) is 12.3 Å². The second-order valence-electron chi connectivity index (χ2n) is 4.96. The molecule has 0 aromatic heterocycles. The number of aryl methyl sites for hydroxylation is 1. The Morgan fingerprint density at radius 2 is 2.29 bits per heavy atom. The molecule has 1 aliphatic heterocycles. The molecule has 2 rings (SSSR count). The topological polar surface area (TPSA) is 61.4 Å². The lowest BCUT2D eigenvalue weighted by molar-refractivity contribution is -0.123. The number of hydrogen-bond donors (Lipinski definition) is 3. The van der Waals surface area contributed by atoms with E-state index in [0.717, 1.165) is 18.5 Å². The van der Waals surface area contributed by atoms with Gasteiger partial charge in [-0.2, -0.15) is 0 Å². The van der Waals surface area contributed by atoms with Crippen LogP contribution in [-0.4, -0.2) is 24.1 Å². The lowest BCUT2D eigenvalue weighted by atomic mass is 9.88. The van der Waals surface area contributed by atoms with Gasteiger partial charge >= 0.3 is 0 Å². The zero-order valence-electron chi connectivity index (χ0n) is 10.2. The third kappa shape index (κ3) is 2.42. The second-order valence-corrected chi connectivity index (χ2v) is 4.96. The maximum absolute atomic E-state index is 12.1. The molecule has 1 aliphatic rings. The summed E-state index contributed by atoms with van der Waals surface area (Å²) in [6.45, 7) is 5.41. The molecule has 1 aromatic rings. The van der Waals surface area contributed by atoms with E-state index in [-0.39, 0.29) is 17.1 Å². The third-order valence-corrected chi connectivity index (χ3v) is 3.32. The van der Waals surface area contributed by atoms with Crippen molar-refractivity contribution in [2.24, 2.45) is 5.41 Å². The zero-order chi connectivity index (χ0) is 12.5. The number of benzene rings is 1. The van der Waals surface area contributed by atoms with Crippen LogP contribution in [0.2, 0.25) is 0 Å². The molecule has 0 bridgehead atoms. The van der Waals surface area contributed by atoms with Gasteiger partial charge in [0.2, 0.25) is 5.91 Å². The Hall–Kier alpha value is -1.55. The minimum atomic E-state index is -0.379. The standard InChI is InChI=1S/C13H18N2O2/c1-9-3-4-11(16)10(7-9)15-12(17)13(2)5-6-14-8-13/h3-4,7,14,16H,5-6,8H2,1-2H3,(H,15,17). The van der Waals surface area contributed by atoms with Crippen LogP contribution in [0.3, 0.4) is 0 Å². The highest BCUT2D eigenvalue weighted by molar-refractivity contribution is 5.96. The molecule has 0 aliphatic carbocycles. The van der Waals surface area contributed by atoms with E-state index in [1.54, 1.807) is 12.1 Å². The molecule has 4 nitrogen and oxygen atoms in total. The highest BCUT2D eigenvalue weighted by Crippen LogP contribution is 2.29. The van der Waals surface area contributed by atoms with Gasteiger partial charge in [0.25, 0.3) is 0 Å². The van der Waals surface area contributed by atoms with Crippen LogP contribution in [0.25, 0.3) is 0 Å². The summed E-state index contributed by atoms with van der Waals surface area (Å²) in [6.07, 6.45) is 0.825. The Morgan fingerprint density at radius 1 is 1.53 bits per heavy atom. The number of carbonyl (C=O) groups excluding carboxylic acids is 1. The van der Waals surface area contributed by atoms with E-state index >= 15 is 0 Å². The van der Waals surface area contributed by atoms with E-state index in [4.69, 9.17) is 0 Å². The van der Waals surface area contributed by atoms with Crippen molar-refractivity contribution in [2.75, 3.05) is 18.4 Å². The normalized spacial score (nSPS) is 23.6. The van der Waals surface area contributed by atoms with Crippen LogP contribution in [0.5, 0.6) is 5.75 Å². The summed E-state index contributed by atoms with van der Waals surface area (Å²) in [5.41, 5.74) is 1.12. The van der Waals surface area contributed by atoms with Gasteiger partial charge in [0.05, 0.1) is 11.1 Å². The molecule has 1 aromatic carbocycles. The molecule has 0 saturated carbocycles. The molecular weight excluding hydrogens is 216 g/mol. The summed E-state index contributed by atoms with van der Waals surface area (Å²) in [5.74, 6) is 0.0712. The van der Waals surface area contributed by atoms with Crippen LogP contribution in [0.1, 0.15) is 18.9 Å². The molecule has 0 spiro atoms. The first-order chi connectivity index (χ1) is 8.01. The van der Waals surface area contributed by atoms with Crippen molar-refractivity contribution >= 4 is 11.6 Å². The minimum absolute atomic E-state index is 0.0385. The fourth-order valence-electron chi connectivity index (χ4n) is 2.03. The van der Waals surface area contributed by atoms with Gasteiger partial charge in [-0.3, -0.25) is 4.79 Å². The number of phenols is 1. The largest absolute Gasteiger partial charge is 0.506 e. The number of nitrogens with one attached hydrogen (secondary N) is 2. The van der Waals surface area contributed by atoms with Crippen molar-refractivity contribution < 1.29 is 9.90 Å². The molecule has 1 heterocycles. The predicted octanol–water partition coefficient (Wildman–Crippen LogP) is 1.64. The molecular formula is C13H18N2O2. The van der Waals surface area contributed by atoms with Crippen molar-refractivity contribution in [3.8, 4) is 5.75 Å². The van der Waals surface area contributed by atoms with Gasteiger partial charge in [-0.25, -0.2) is 0 Å². The monoisotopic (exact) mass is 234 g/mol. The van der Waals surface area contributed by atoms with Gasteiger partial charge in [0.15, 0.2) is 0 Å². The van der Waals surface area contributed by atoms with E-state index < -0.39 is 0 Å². The average Bonchev–Trinajstić information content (AvgIpc) is 2.72. The number of phenolic OH excluding ortho intramolecular Hbond substituents is 1. The van der Waals surface area contributed by atoms with Gasteiger partial charge in [-0.05, 0) is 44.5 Å². The summed E-state index contributed by atoms with van der Waals surface area (Å²) < 4.78 is 0. The molecule has 1 unspecified atom stereocenters. The molecule has 4 heteroatoms. The molecule has 0 radical (unpaired) electrons. The molecule has 92 valence electrons. The van der Waals surface area contributed by atoms with E-state index in [1.165, 1.54) is 0 Å². The van der Waals surface area contributed by atoms with Gasteiger partial charge in [0, 0.05) is 6.54 Å². The first-order valence-corrected chi connectivity index (χ1v) is 5.83. The van der Waals surface area contributed by atoms with Crippen LogP contribution < -0.4 is 10.6 Å². The van der Waals surface area contributed by atoms with E-state index in [9.17, 15) is 9.90 Å². The van der Waals surface area contributed by atoms with E-state index in [1.807, 2.05) is 19.9 Å². The van der Waals surface area contributed by atoms with Gasteiger partial charge < -0.3 is 15.7 Å². The molecule has 1 fully saturated rings. The molecule has 1 saturated heterocycles. The lowest BCUT2D eigenvalue weighted by Gasteiger charge is -2.21. The Bertz CT molecular complexity index is 437. The fourth-order valence-corrected chi connectivity index (χ4v) is 2.03. The second kappa shape index (κ2) is 4.37. The van der Waals surface area contributed by atoms with E-state index in [0.29, 0.717) is 12.2 Å². The quantitative estimate of drug-likeness (QED) is 0.682. The fraction of sp³-hybridized carbons (Fsp3) is 0.462. The minimum Gasteiger partial charge on any atom is -0.506 e. The summed E-state index contributed by atoms with van der Waals surface area (Å²) in [5, 5.41) is 15.7. The predicted molar refractivity (Wildman–Crippen MR) is 67.1 cm³/mol. The maximum atomic E-state index is 12.1. The highest BCUT2D eigenvalue weighted by Gasteiger charge is 2.36. The number of amides is 1. The summed E-state index contributed by atoms with van der Waals surface area (Å²) >= 11 is 0. The van der Waals surface area contributed by atoms with Crippen molar-refractivity contribution in [1.82, 2.24) is 5.32 Å². The van der Waals surface area contributed by atoms with Crippen LogP contribution in [0.15, 0.2) is 18.2 Å². The van der Waals surface area contributed by atoms with Crippen LogP contribution >= 0.6 is 0 Å². The lowest BCUT2D eigenvalue weighted by Crippen LogP contribution is -2.35. The summed E-state index contributed by atoms with van der Waals surface area (Å²) in [4.78, 5) is 12.1. The number of aromatic hydroxyl groups is 1. The van der Waals surface area contributed by atoms with Crippen molar-refractivity contribution in [3.05, 3.63) is 23.8 Å². The number of anilines is 1. The Kier molecular flexibility index (Phi) is 3.07. The molecule has 1 atom stereocenters. The van der Waals surface area contributed by atoms with Crippen molar-refractivity contribution in [2.45, 2.75) is 20.3 Å². The van der Waals surface area contributed by atoms with Crippen molar-refractivity contribution in [3.63, 3.8) is 0 Å². The van der Waals surface area contributed by atoms with Crippen molar-refractivity contribution in [1.29, 1.82) is 0 Å². The first-order valence-electron chi connectivity index (χ1n) is 5.83. The number of rotatable bonds is 2. The average molecular weight is 234 g/mol. The summed E-state index contributed by atoms with van der Waals surface area (Å²) in [7, 11) is 0. The third-order valence-electron chi connectivity index (χ3n) is 3.32.